The van der Waals surface area contributed by atoms with Crippen LogP contribution in [0.3, 0.4) is 0 Å². The van der Waals surface area contributed by atoms with Gasteiger partial charge in [-0.05, 0) is 24.6 Å². The molecule has 136 valence electrons. The van der Waals surface area contributed by atoms with Crippen LogP contribution in [0.1, 0.15) is 21.5 Å². The number of rotatable bonds is 6. The Labute approximate surface area is 150 Å². The summed E-state index contributed by atoms with van der Waals surface area (Å²) in [5, 5.41) is 1.89. The lowest BCUT2D eigenvalue weighted by Gasteiger charge is -2.11. The maximum Gasteiger partial charge on any atom is 0.413 e. The molecule has 7 heteroatoms. The SMILES string of the molecule is COC(=O)NC(=O)COC(=O)c1ccccc1OCc1cccc(C)c1. The summed E-state index contributed by atoms with van der Waals surface area (Å²) in [7, 11) is 1.12. The van der Waals surface area contributed by atoms with Gasteiger partial charge in [0, 0.05) is 0 Å². The molecule has 0 atom stereocenters. The first-order valence-electron chi connectivity index (χ1n) is 7.82. The molecule has 0 bridgehead atoms. The van der Waals surface area contributed by atoms with Crippen molar-refractivity contribution < 1.29 is 28.6 Å². The van der Waals surface area contributed by atoms with Crippen LogP contribution in [0.5, 0.6) is 5.75 Å². The normalized spacial score (nSPS) is 9.92. The first-order chi connectivity index (χ1) is 12.5. The Bertz CT molecular complexity index is 802. The summed E-state index contributed by atoms with van der Waals surface area (Å²) < 4.78 is 14.9. The van der Waals surface area contributed by atoms with Gasteiger partial charge in [-0.1, -0.05) is 42.0 Å². The molecule has 2 rings (SSSR count). The van der Waals surface area contributed by atoms with E-state index in [1.807, 2.05) is 36.5 Å². The van der Waals surface area contributed by atoms with E-state index in [2.05, 4.69) is 4.74 Å². The molecule has 0 heterocycles. The molecule has 0 aliphatic rings. The van der Waals surface area contributed by atoms with Gasteiger partial charge in [0.05, 0.1) is 7.11 Å². The second kappa shape index (κ2) is 9.22. The summed E-state index contributed by atoms with van der Waals surface area (Å²) in [6.45, 7) is 1.66. The molecule has 0 aromatic heterocycles. The molecule has 0 radical (unpaired) electrons. The van der Waals surface area contributed by atoms with Crippen LogP contribution >= 0.6 is 0 Å². The van der Waals surface area contributed by atoms with Crippen LogP contribution in [-0.4, -0.2) is 31.7 Å². The number of carbonyl (C=O) groups excluding carboxylic acids is 3. The van der Waals surface area contributed by atoms with Gasteiger partial charge in [-0.2, -0.15) is 0 Å². The van der Waals surface area contributed by atoms with Crippen molar-refractivity contribution in [3.05, 3.63) is 65.2 Å². The van der Waals surface area contributed by atoms with Crippen LogP contribution in [0.2, 0.25) is 0 Å². The molecule has 0 unspecified atom stereocenters. The van der Waals surface area contributed by atoms with Crippen LogP contribution in [0, 0.1) is 6.92 Å². The van der Waals surface area contributed by atoms with Crippen molar-refractivity contribution in [2.75, 3.05) is 13.7 Å². The highest BCUT2D eigenvalue weighted by Gasteiger charge is 2.16. The molecule has 0 spiro atoms. The van der Waals surface area contributed by atoms with E-state index in [1.165, 1.54) is 6.07 Å². The van der Waals surface area contributed by atoms with E-state index in [-0.39, 0.29) is 12.2 Å². The van der Waals surface area contributed by atoms with Gasteiger partial charge in [-0.3, -0.25) is 10.1 Å². The largest absolute Gasteiger partial charge is 0.488 e. The second-order valence-corrected chi connectivity index (χ2v) is 5.39. The maximum atomic E-state index is 12.2. The molecule has 0 aliphatic heterocycles. The molecular formula is C19H19NO6. The number of benzene rings is 2. The number of aryl methyl sites for hydroxylation is 1. The number of esters is 1. The van der Waals surface area contributed by atoms with Crippen molar-refractivity contribution in [2.24, 2.45) is 0 Å². The van der Waals surface area contributed by atoms with E-state index >= 15 is 0 Å². The summed E-state index contributed by atoms with van der Waals surface area (Å²) in [5.41, 5.74) is 2.26. The standard InChI is InChI=1S/C19H19NO6/c1-13-6-5-7-14(10-13)11-25-16-9-4-3-8-15(16)18(22)26-12-17(21)20-19(23)24-2/h3-10H,11-12H2,1-2H3,(H,20,21,23). The molecule has 1 N–H and O–H groups in total. The minimum absolute atomic E-state index is 0.186. The topological polar surface area (TPSA) is 90.9 Å². The monoisotopic (exact) mass is 357 g/mol. The average molecular weight is 357 g/mol. The molecule has 2 amide bonds. The highest BCUT2D eigenvalue weighted by atomic mass is 16.6. The fraction of sp³-hybridized carbons (Fsp3) is 0.211. The van der Waals surface area contributed by atoms with Crippen molar-refractivity contribution in [2.45, 2.75) is 13.5 Å². The number of hydrogen-bond donors (Lipinski definition) is 1. The smallest absolute Gasteiger partial charge is 0.413 e. The molecule has 0 fully saturated rings. The third-order valence-electron chi connectivity index (χ3n) is 3.35. The van der Waals surface area contributed by atoms with E-state index in [4.69, 9.17) is 9.47 Å². The number of alkyl carbamates (subject to hydrolysis) is 1. The fourth-order valence-electron chi connectivity index (χ4n) is 2.13. The number of amides is 2. The number of imide groups is 1. The van der Waals surface area contributed by atoms with Crippen LogP contribution in [-0.2, 0) is 20.9 Å². The zero-order valence-electron chi connectivity index (χ0n) is 14.5. The first kappa shape index (κ1) is 19.0. The molecule has 0 saturated carbocycles. The number of ether oxygens (including phenoxy) is 3. The van der Waals surface area contributed by atoms with Crippen LogP contribution in [0.25, 0.3) is 0 Å². The maximum absolute atomic E-state index is 12.2. The van der Waals surface area contributed by atoms with Crippen molar-refractivity contribution in [1.82, 2.24) is 5.32 Å². The molecule has 0 aliphatic carbocycles. The first-order valence-corrected chi connectivity index (χ1v) is 7.82. The molecule has 26 heavy (non-hydrogen) atoms. The van der Waals surface area contributed by atoms with Gasteiger partial charge in [0.1, 0.15) is 17.9 Å². The van der Waals surface area contributed by atoms with Gasteiger partial charge in [-0.25, -0.2) is 9.59 Å². The van der Waals surface area contributed by atoms with Gasteiger partial charge in [0.2, 0.25) is 0 Å². The minimum Gasteiger partial charge on any atom is -0.488 e. The number of para-hydroxylation sites is 1. The minimum atomic E-state index is -0.923. The van der Waals surface area contributed by atoms with E-state index in [0.29, 0.717) is 5.75 Å². The van der Waals surface area contributed by atoms with E-state index in [0.717, 1.165) is 18.2 Å². The van der Waals surface area contributed by atoms with Crippen molar-refractivity contribution in [3.63, 3.8) is 0 Å². The Morgan fingerprint density at radius 3 is 2.54 bits per heavy atom. The lowest BCUT2D eigenvalue weighted by atomic mass is 10.1. The van der Waals surface area contributed by atoms with E-state index < -0.39 is 24.6 Å². The predicted molar refractivity (Wildman–Crippen MR) is 92.8 cm³/mol. The zero-order chi connectivity index (χ0) is 18.9. The summed E-state index contributed by atoms with van der Waals surface area (Å²) >= 11 is 0. The lowest BCUT2D eigenvalue weighted by Crippen LogP contribution is -2.34. The molecule has 7 nitrogen and oxygen atoms in total. The highest BCUT2D eigenvalue weighted by Crippen LogP contribution is 2.20. The highest BCUT2D eigenvalue weighted by molar-refractivity contribution is 5.96. The lowest BCUT2D eigenvalue weighted by molar-refractivity contribution is -0.123. The van der Waals surface area contributed by atoms with Gasteiger partial charge in [0.15, 0.2) is 6.61 Å². The third-order valence-corrected chi connectivity index (χ3v) is 3.35. The van der Waals surface area contributed by atoms with Crippen LogP contribution in [0.4, 0.5) is 4.79 Å². The van der Waals surface area contributed by atoms with Gasteiger partial charge >= 0.3 is 12.1 Å². The van der Waals surface area contributed by atoms with E-state index in [9.17, 15) is 14.4 Å². The summed E-state index contributed by atoms with van der Waals surface area (Å²) in [6, 6.07) is 14.4. The Morgan fingerprint density at radius 2 is 1.81 bits per heavy atom. The fourth-order valence-corrected chi connectivity index (χ4v) is 2.13. The van der Waals surface area contributed by atoms with Crippen LogP contribution in [0.15, 0.2) is 48.5 Å². The Kier molecular flexibility index (Phi) is 6.73. The third kappa shape index (κ3) is 5.62. The number of nitrogens with one attached hydrogen (secondary N) is 1. The second-order valence-electron chi connectivity index (χ2n) is 5.39. The summed E-state index contributed by atoms with van der Waals surface area (Å²) in [6.07, 6.45) is -0.923. The van der Waals surface area contributed by atoms with Crippen LogP contribution < -0.4 is 10.1 Å². The van der Waals surface area contributed by atoms with Crippen molar-refractivity contribution in [1.29, 1.82) is 0 Å². The predicted octanol–water partition coefficient (Wildman–Crippen LogP) is 2.61. The zero-order valence-corrected chi connectivity index (χ0v) is 14.5. The summed E-state index contributed by atoms with van der Waals surface area (Å²) in [5.74, 6) is -1.18. The van der Waals surface area contributed by atoms with Gasteiger partial charge < -0.3 is 14.2 Å². The molecule has 0 saturated heterocycles. The average Bonchev–Trinajstić information content (AvgIpc) is 2.64. The van der Waals surface area contributed by atoms with Gasteiger partial charge in [0.25, 0.3) is 5.91 Å². The van der Waals surface area contributed by atoms with Gasteiger partial charge in [-0.15, -0.1) is 0 Å². The Balaban J connectivity index is 1.97. The Hall–Kier alpha value is -3.35. The molecule has 2 aromatic rings. The number of methoxy groups -OCH3 is 1. The molecule has 2 aromatic carbocycles. The molecular weight excluding hydrogens is 338 g/mol. The van der Waals surface area contributed by atoms with Crippen molar-refractivity contribution >= 4 is 18.0 Å². The quantitative estimate of drug-likeness (QED) is 0.799. The number of hydrogen-bond acceptors (Lipinski definition) is 6. The Morgan fingerprint density at radius 1 is 1.04 bits per heavy atom. The van der Waals surface area contributed by atoms with E-state index in [1.54, 1.807) is 18.2 Å². The van der Waals surface area contributed by atoms with Crippen molar-refractivity contribution in [3.8, 4) is 5.75 Å². The summed E-state index contributed by atoms with van der Waals surface area (Å²) in [4.78, 5) is 34.6. The number of carbonyl (C=O) groups is 3.